The van der Waals surface area contributed by atoms with Crippen LogP contribution in [0.3, 0.4) is 0 Å². The maximum atomic E-state index is 10.8. The number of thioether (sulfide) groups is 1. The van der Waals surface area contributed by atoms with Crippen LogP contribution in [0.2, 0.25) is 0 Å². The smallest absolute Gasteiger partial charge is 0.192 e. The summed E-state index contributed by atoms with van der Waals surface area (Å²) >= 11 is 1.10. The van der Waals surface area contributed by atoms with Gasteiger partial charge in [-0.2, -0.15) is 0 Å². The topological polar surface area (TPSA) is 80.1 Å². The van der Waals surface area contributed by atoms with Gasteiger partial charge in [-0.1, -0.05) is 42.1 Å². The van der Waals surface area contributed by atoms with E-state index in [2.05, 4.69) is 10.2 Å². The van der Waals surface area contributed by atoms with E-state index < -0.39 is 5.97 Å². The second-order valence-corrected chi connectivity index (χ2v) is 6.44. The van der Waals surface area contributed by atoms with Gasteiger partial charge in [0, 0.05) is 11.3 Å². The Kier molecular flexibility index (Phi) is 5.91. The summed E-state index contributed by atoms with van der Waals surface area (Å²) in [6.07, 6.45) is 0. The number of aliphatic carboxylic acids is 1. The van der Waals surface area contributed by atoms with Crippen LogP contribution in [0.5, 0.6) is 5.75 Å². The summed E-state index contributed by atoms with van der Waals surface area (Å²) in [5.41, 5.74) is 1.96. The first kappa shape index (κ1) is 18.0. The van der Waals surface area contributed by atoms with Gasteiger partial charge < -0.3 is 14.6 Å². The van der Waals surface area contributed by atoms with E-state index in [-0.39, 0.29) is 5.75 Å². The highest BCUT2D eigenvalue weighted by Gasteiger charge is 2.15. The van der Waals surface area contributed by atoms with Crippen LogP contribution in [-0.2, 0) is 11.3 Å². The Bertz CT molecular complexity index is 863. The summed E-state index contributed by atoms with van der Waals surface area (Å²) in [7, 11) is 0. The standard InChI is InChI=1S/C19H19N3O3S/c1-2-25-16-10-8-15(9-11-16)18-20-21-19(26-13-17(23)24)22(18)12-14-6-4-3-5-7-14/h3-11H,2,12-13H2,1H3,(H,23,24)/p-1. The molecule has 0 aliphatic carbocycles. The predicted octanol–water partition coefficient (Wildman–Crippen LogP) is 2.23. The zero-order valence-corrected chi connectivity index (χ0v) is 15.1. The first-order valence-electron chi connectivity index (χ1n) is 8.20. The normalized spacial score (nSPS) is 10.7. The highest BCUT2D eigenvalue weighted by atomic mass is 32.2. The number of benzene rings is 2. The monoisotopic (exact) mass is 368 g/mol. The molecule has 0 fully saturated rings. The minimum Gasteiger partial charge on any atom is -0.549 e. The molecule has 0 aliphatic rings. The Balaban J connectivity index is 1.94. The maximum Gasteiger partial charge on any atom is 0.192 e. The molecule has 3 aromatic rings. The Morgan fingerprint density at radius 3 is 2.50 bits per heavy atom. The molecule has 0 atom stereocenters. The Morgan fingerprint density at radius 2 is 1.85 bits per heavy atom. The van der Waals surface area contributed by atoms with Gasteiger partial charge in [0.05, 0.1) is 19.1 Å². The molecular weight excluding hydrogens is 350 g/mol. The first-order valence-corrected chi connectivity index (χ1v) is 9.19. The molecule has 0 unspecified atom stereocenters. The van der Waals surface area contributed by atoms with E-state index in [4.69, 9.17) is 4.74 Å². The van der Waals surface area contributed by atoms with Gasteiger partial charge in [0.15, 0.2) is 11.0 Å². The van der Waals surface area contributed by atoms with Crippen molar-refractivity contribution in [3.63, 3.8) is 0 Å². The molecule has 0 saturated heterocycles. The largest absolute Gasteiger partial charge is 0.549 e. The lowest BCUT2D eigenvalue weighted by atomic mass is 10.2. The maximum absolute atomic E-state index is 10.8. The fourth-order valence-corrected chi connectivity index (χ4v) is 3.16. The molecule has 6 nitrogen and oxygen atoms in total. The molecule has 0 radical (unpaired) electrons. The Morgan fingerprint density at radius 1 is 1.12 bits per heavy atom. The Hall–Kier alpha value is -2.80. The molecule has 134 valence electrons. The molecule has 26 heavy (non-hydrogen) atoms. The number of aromatic nitrogens is 3. The number of carbonyl (C=O) groups excluding carboxylic acids is 1. The fraction of sp³-hybridized carbons (Fsp3) is 0.211. The van der Waals surface area contributed by atoms with E-state index in [0.29, 0.717) is 24.1 Å². The number of nitrogens with zero attached hydrogens (tertiary/aromatic N) is 3. The van der Waals surface area contributed by atoms with E-state index in [1.165, 1.54) is 0 Å². The van der Waals surface area contributed by atoms with E-state index in [9.17, 15) is 9.90 Å². The number of hydrogen-bond donors (Lipinski definition) is 0. The van der Waals surface area contributed by atoms with Crippen LogP contribution in [0, 0.1) is 0 Å². The van der Waals surface area contributed by atoms with Gasteiger partial charge in [-0.25, -0.2) is 0 Å². The van der Waals surface area contributed by atoms with Crippen molar-refractivity contribution < 1.29 is 14.6 Å². The van der Waals surface area contributed by atoms with E-state index in [1.807, 2.05) is 66.1 Å². The molecule has 0 spiro atoms. The van der Waals surface area contributed by atoms with Crippen LogP contribution in [0.1, 0.15) is 12.5 Å². The van der Waals surface area contributed by atoms with E-state index in [1.54, 1.807) is 0 Å². The van der Waals surface area contributed by atoms with Crippen LogP contribution in [0.25, 0.3) is 11.4 Å². The van der Waals surface area contributed by atoms with Crippen molar-refractivity contribution in [3.05, 3.63) is 60.2 Å². The lowest BCUT2D eigenvalue weighted by Crippen LogP contribution is -2.24. The third kappa shape index (κ3) is 4.43. The van der Waals surface area contributed by atoms with Gasteiger partial charge in [-0.05, 0) is 36.8 Å². The van der Waals surface area contributed by atoms with Crippen molar-refractivity contribution >= 4 is 17.7 Å². The van der Waals surface area contributed by atoms with Crippen LogP contribution < -0.4 is 9.84 Å². The molecule has 7 heteroatoms. The zero-order chi connectivity index (χ0) is 18.4. The predicted molar refractivity (Wildman–Crippen MR) is 97.9 cm³/mol. The number of rotatable bonds is 8. The van der Waals surface area contributed by atoms with Gasteiger partial charge in [0.1, 0.15) is 5.75 Å². The average Bonchev–Trinajstić information content (AvgIpc) is 3.04. The van der Waals surface area contributed by atoms with Gasteiger partial charge in [0.25, 0.3) is 0 Å². The molecule has 0 aliphatic heterocycles. The van der Waals surface area contributed by atoms with Crippen molar-refractivity contribution in [2.75, 3.05) is 12.4 Å². The zero-order valence-electron chi connectivity index (χ0n) is 14.3. The summed E-state index contributed by atoms with van der Waals surface area (Å²) in [4.78, 5) is 10.8. The van der Waals surface area contributed by atoms with Gasteiger partial charge in [-0.3, -0.25) is 4.57 Å². The summed E-state index contributed by atoms with van der Waals surface area (Å²) in [5, 5.41) is 19.8. The third-order valence-electron chi connectivity index (χ3n) is 3.64. The molecule has 0 N–H and O–H groups in total. The lowest BCUT2D eigenvalue weighted by Gasteiger charge is -2.11. The lowest BCUT2D eigenvalue weighted by molar-refractivity contribution is -0.301. The highest BCUT2D eigenvalue weighted by Crippen LogP contribution is 2.26. The van der Waals surface area contributed by atoms with Crippen molar-refractivity contribution in [2.24, 2.45) is 0 Å². The number of carboxylic acids is 1. The van der Waals surface area contributed by atoms with Gasteiger partial charge in [0.2, 0.25) is 0 Å². The van der Waals surface area contributed by atoms with Crippen LogP contribution in [0.4, 0.5) is 0 Å². The number of carbonyl (C=O) groups is 1. The average molecular weight is 368 g/mol. The van der Waals surface area contributed by atoms with Crippen molar-refractivity contribution in [2.45, 2.75) is 18.6 Å². The van der Waals surface area contributed by atoms with Crippen molar-refractivity contribution in [1.29, 1.82) is 0 Å². The summed E-state index contributed by atoms with van der Waals surface area (Å²) in [6, 6.07) is 17.5. The second-order valence-electron chi connectivity index (χ2n) is 5.50. The number of hydrogen-bond acceptors (Lipinski definition) is 6. The molecule has 0 saturated carbocycles. The third-order valence-corrected chi connectivity index (χ3v) is 4.58. The molecule has 1 aromatic heterocycles. The quantitative estimate of drug-likeness (QED) is 0.567. The van der Waals surface area contributed by atoms with Crippen LogP contribution >= 0.6 is 11.8 Å². The van der Waals surface area contributed by atoms with Crippen LogP contribution in [-0.4, -0.2) is 33.1 Å². The summed E-state index contributed by atoms with van der Waals surface area (Å²) in [5.74, 6) is 0.164. The molecule has 2 aromatic carbocycles. The molecule has 1 heterocycles. The molecule has 3 rings (SSSR count). The van der Waals surface area contributed by atoms with Gasteiger partial charge in [-0.15, -0.1) is 10.2 Å². The minimum absolute atomic E-state index is 0.170. The number of carboxylic acid groups (broad SMARTS) is 1. The fourth-order valence-electron chi connectivity index (χ4n) is 2.51. The van der Waals surface area contributed by atoms with Gasteiger partial charge >= 0.3 is 0 Å². The molecular formula is C19H18N3O3S-. The van der Waals surface area contributed by atoms with Crippen LogP contribution in [0.15, 0.2) is 59.8 Å². The molecule has 0 amide bonds. The number of ether oxygens (including phenoxy) is 1. The second kappa shape index (κ2) is 8.53. The molecule has 0 bridgehead atoms. The first-order chi connectivity index (χ1) is 12.7. The summed E-state index contributed by atoms with van der Waals surface area (Å²) in [6.45, 7) is 3.09. The summed E-state index contributed by atoms with van der Waals surface area (Å²) < 4.78 is 7.39. The minimum atomic E-state index is -1.13. The Labute approximate surface area is 155 Å². The van der Waals surface area contributed by atoms with Crippen molar-refractivity contribution in [1.82, 2.24) is 14.8 Å². The van der Waals surface area contributed by atoms with Crippen molar-refractivity contribution in [3.8, 4) is 17.1 Å². The van der Waals surface area contributed by atoms with E-state index in [0.717, 1.165) is 28.6 Å². The highest BCUT2D eigenvalue weighted by molar-refractivity contribution is 7.99. The van der Waals surface area contributed by atoms with E-state index >= 15 is 0 Å². The SMILES string of the molecule is CCOc1ccc(-c2nnc(SCC(=O)[O-])n2Cc2ccccc2)cc1.